The van der Waals surface area contributed by atoms with Crippen molar-refractivity contribution in [3.05, 3.63) is 0 Å². The molecule has 0 saturated heterocycles. The molecule has 0 spiro atoms. The summed E-state index contributed by atoms with van der Waals surface area (Å²) in [5.41, 5.74) is -3.02. The largest absolute Gasteiger partial charge is 0.479 e. The Morgan fingerprint density at radius 2 is 1.17 bits per heavy atom. The quantitative estimate of drug-likeness (QED) is 0.525. The zero-order valence-corrected chi connectivity index (χ0v) is 15.4. The Labute approximate surface area is 143 Å². The molecule has 0 bridgehead atoms. The Balaban J connectivity index is 5.81. The number of azo groups is 1. The van der Waals surface area contributed by atoms with Crippen LogP contribution in [-0.4, -0.2) is 59.7 Å². The summed E-state index contributed by atoms with van der Waals surface area (Å²) < 4.78 is 10.3. The molecule has 0 heterocycles. The zero-order valence-electron chi connectivity index (χ0n) is 15.4. The van der Waals surface area contributed by atoms with E-state index in [4.69, 9.17) is 9.47 Å². The first-order valence-corrected chi connectivity index (χ1v) is 8.09. The number of hydrogen-bond acceptors (Lipinski definition) is 6. The molecular weight excluding hydrogens is 316 g/mol. The van der Waals surface area contributed by atoms with Crippen molar-refractivity contribution in [2.75, 3.05) is 14.2 Å². The van der Waals surface area contributed by atoms with Crippen LogP contribution in [0.15, 0.2) is 10.2 Å². The van der Waals surface area contributed by atoms with Gasteiger partial charge in [-0.1, -0.05) is 13.8 Å². The molecule has 0 saturated carbocycles. The highest BCUT2D eigenvalue weighted by atomic mass is 16.5. The van der Waals surface area contributed by atoms with E-state index in [2.05, 4.69) is 10.2 Å². The van der Waals surface area contributed by atoms with Crippen molar-refractivity contribution in [1.29, 1.82) is 0 Å². The van der Waals surface area contributed by atoms with Gasteiger partial charge in [0.1, 0.15) is 0 Å². The van der Waals surface area contributed by atoms with Gasteiger partial charge in [-0.3, -0.25) is 0 Å². The number of carboxylic acids is 2. The molecule has 0 rings (SSSR count). The first-order valence-electron chi connectivity index (χ1n) is 8.09. The zero-order chi connectivity index (χ0) is 19.0. The van der Waals surface area contributed by atoms with Crippen LogP contribution in [0.4, 0.5) is 0 Å². The monoisotopic (exact) mass is 346 g/mol. The average molecular weight is 346 g/mol. The molecule has 0 aliphatic rings. The third-order valence-electron chi connectivity index (χ3n) is 4.45. The number of methoxy groups -OCH3 is 2. The molecule has 4 unspecified atom stereocenters. The molecule has 0 aromatic heterocycles. The van der Waals surface area contributed by atoms with E-state index in [9.17, 15) is 19.8 Å². The van der Waals surface area contributed by atoms with E-state index in [1.165, 1.54) is 14.2 Å². The molecule has 0 fully saturated rings. The fourth-order valence-electron chi connectivity index (χ4n) is 2.38. The molecule has 8 nitrogen and oxygen atoms in total. The van der Waals surface area contributed by atoms with Gasteiger partial charge in [0.2, 0.25) is 0 Å². The molecule has 8 heteroatoms. The number of carbonyl (C=O) groups is 2. The number of rotatable bonds is 12. The summed E-state index contributed by atoms with van der Waals surface area (Å²) in [6.45, 7) is 6.84. The van der Waals surface area contributed by atoms with Crippen molar-refractivity contribution in [3.63, 3.8) is 0 Å². The first-order chi connectivity index (χ1) is 11.1. The number of hydrogen-bond donors (Lipinski definition) is 2. The van der Waals surface area contributed by atoms with E-state index < -0.39 is 23.0 Å². The van der Waals surface area contributed by atoms with Crippen LogP contribution in [0.25, 0.3) is 0 Å². The second kappa shape index (κ2) is 9.68. The molecule has 0 aliphatic carbocycles. The van der Waals surface area contributed by atoms with Crippen LogP contribution < -0.4 is 0 Å². The Hall–Kier alpha value is -1.54. The number of ether oxygens (including phenoxy) is 2. The maximum absolute atomic E-state index is 11.8. The van der Waals surface area contributed by atoms with Gasteiger partial charge in [0.15, 0.2) is 11.1 Å². The van der Waals surface area contributed by atoms with E-state index in [0.717, 1.165) is 0 Å². The lowest BCUT2D eigenvalue weighted by atomic mass is 9.89. The number of nitrogens with zero attached hydrogens (tertiary/aromatic N) is 2. The van der Waals surface area contributed by atoms with E-state index in [1.54, 1.807) is 27.7 Å². The summed E-state index contributed by atoms with van der Waals surface area (Å²) in [7, 11) is 2.97. The van der Waals surface area contributed by atoms with Crippen LogP contribution in [0, 0.1) is 0 Å². The predicted molar refractivity (Wildman–Crippen MR) is 88.3 cm³/mol. The molecular formula is C16H30N2O6. The molecule has 24 heavy (non-hydrogen) atoms. The van der Waals surface area contributed by atoms with Gasteiger partial charge >= 0.3 is 11.9 Å². The van der Waals surface area contributed by atoms with Crippen molar-refractivity contribution in [3.8, 4) is 0 Å². The van der Waals surface area contributed by atoms with Crippen molar-refractivity contribution < 1.29 is 29.3 Å². The SMILES string of the molecule is CCC(CC(C)OC)(/N=N/C(CC)(CC(C)OC)C(=O)O)C(=O)O. The molecule has 0 aromatic carbocycles. The summed E-state index contributed by atoms with van der Waals surface area (Å²) in [6, 6.07) is 0. The van der Waals surface area contributed by atoms with Crippen molar-refractivity contribution in [2.45, 2.75) is 76.7 Å². The molecule has 2 N–H and O–H groups in total. The minimum Gasteiger partial charge on any atom is -0.479 e. The number of aliphatic carboxylic acids is 2. The van der Waals surface area contributed by atoms with Crippen molar-refractivity contribution in [2.24, 2.45) is 10.2 Å². The lowest BCUT2D eigenvalue weighted by molar-refractivity contribution is -0.147. The fourth-order valence-corrected chi connectivity index (χ4v) is 2.38. The molecule has 0 aliphatic heterocycles. The van der Waals surface area contributed by atoms with Gasteiger partial charge < -0.3 is 19.7 Å². The Bertz CT molecular complexity index is 416. The molecule has 0 radical (unpaired) electrons. The average Bonchev–Trinajstić information content (AvgIpc) is 2.56. The summed E-state index contributed by atoms with van der Waals surface area (Å²) >= 11 is 0. The van der Waals surface area contributed by atoms with Gasteiger partial charge in [-0.2, -0.15) is 10.2 Å². The summed E-state index contributed by atoms with van der Waals surface area (Å²) in [5, 5.41) is 27.3. The Morgan fingerprint density at radius 3 is 1.33 bits per heavy atom. The van der Waals surface area contributed by atoms with Gasteiger partial charge in [0.25, 0.3) is 0 Å². The van der Waals surface area contributed by atoms with Crippen LogP contribution in [-0.2, 0) is 19.1 Å². The number of carboxylic acid groups (broad SMARTS) is 2. The first kappa shape index (κ1) is 22.5. The van der Waals surface area contributed by atoms with Crippen LogP contribution in [0.5, 0.6) is 0 Å². The standard InChI is InChI=1S/C16H30N2O6/c1-7-15(13(19)20,9-11(3)23-5)17-18-16(8-2,14(21)22)10-12(4)24-6/h11-12H,7-10H2,1-6H3,(H,19,20)(H,21,22)/b18-17+. The van der Waals surface area contributed by atoms with Crippen LogP contribution in [0.3, 0.4) is 0 Å². The maximum atomic E-state index is 11.8. The van der Waals surface area contributed by atoms with E-state index >= 15 is 0 Å². The van der Waals surface area contributed by atoms with Crippen molar-refractivity contribution >= 4 is 11.9 Å². The third kappa shape index (κ3) is 5.52. The third-order valence-corrected chi connectivity index (χ3v) is 4.45. The lowest BCUT2D eigenvalue weighted by Crippen LogP contribution is -2.43. The van der Waals surface area contributed by atoms with E-state index in [-0.39, 0.29) is 37.9 Å². The van der Waals surface area contributed by atoms with Crippen LogP contribution in [0.1, 0.15) is 53.4 Å². The molecule has 0 amide bonds. The minimum absolute atomic E-state index is 0.109. The summed E-state index contributed by atoms with van der Waals surface area (Å²) in [5.74, 6) is -2.29. The van der Waals surface area contributed by atoms with Gasteiger partial charge in [-0.05, 0) is 26.7 Å². The maximum Gasteiger partial charge on any atom is 0.333 e. The second-order valence-corrected chi connectivity index (χ2v) is 6.08. The van der Waals surface area contributed by atoms with Gasteiger partial charge in [0.05, 0.1) is 12.2 Å². The predicted octanol–water partition coefficient (Wildman–Crippen LogP) is 2.76. The highest BCUT2D eigenvalue weighted by molar-refractivity contribution is 5.80. The van der Waals surface area contributed by atoms with E-state index in [1.807, 2.05) is 0 Å². The Kier molecular flexibility index (Phi) is 9.06. The van der Waals surface area contributed by atoms with Gasteiger partial charge in [-0.15, -0.1) is 0 Å². The summed E-state index contributed by atoms with van der Waals surface area (Å²) in [4.78, 5) is 23.6. The van der Waals surface area contributed by atoms with Gasteiger partial charge in [-0.25, -0.2) is 9.59 Å². The molecule has 140 valence electrons. The topological polar surface area (TPSA) is 118 Å². The molecule has 0 aromatic rings. The highest BCUT2D eigenvalue weighted by Gasteiger charge is 2.43. The smallest absolute Gasteiger partial charge is 0.333 e. The van der Waals surface area contributed by atoms with Gasteiger partial charge in [0, 0.05) is 27.1 Å². The second-order valence-electron chi connectivity index (χ2n) is 6.08. The Morgan fingerprint density at radius 1 is 0.875 bits per heavy atom. The fraction of sp³-hybridized carbons (Fsp3) is 0.875. The summed E-state index contributed by atoms with van der Waals surface area (Å²) in [6.07, 6.45) is -0.120. The lowest BCUT2D eigenvalue weighted by Gasteiger charge is -2.29. The minimum atomic E-state index is -1.51. The van der Waals surface area contributed by atoms with E-state index in [0.29, 0.717) is 0 Å². The normalized spacial score (nSPS) is 19.4. The highest BCUT2D eigenvalue weighted by Crippen LogP contribution is 2.30. The molecule has 4 atom stereocenters. The van der Waals surface area contributed by atoms with Crippen LogP contribution in [0.2, 0.25) is 0 Å². The van der Waals surface area contributed by atoms with Crippen LogP contribution >= 0.6 is 0 Å². The van der Waals surface area contributed by atoms with Crippen molar-refractivity contribution in [1.82, 2.24) is 0 Å².